The second kappa shape index (κ2) is 5.79. The zero-order valence-electron chi connectivity index (χ0n) is 9.42. The molecule has 1 heterocycles. The molecule has 18 heavy (non-hydrogen) atoms. The fourth-order valence-electron chi connectivity index (χ4n) is 1.43. The van der Waals surface area contributed by atoms with Crippen LogP contribution in [0.5, 0.6) is 0 Å². The molecule has 0 aliphatic carbocycles. The van der Waals surface area contributed by atoms with Crippen LogP contribution in [0.2, 0.25) is 0 Å². The van der Waals surface area contributed by atoms with E-state index in [-0.39, 0.29) is 12.4 Å². The molecule has 2 aromatic rings. The number of nitrogens with one attached hydrogen (secondary N) is 1. The van der Waals surface area contributed by atoms with Crippen molar-refractivity contribution in [2.24, 2.45) is 0 Å². The van der Waals surface area contributed by atoms with Gasteiger partial charge in [-0.05, 0) is 18.2 Å². The molecular formula is C11H12ClFN4O. The fourth-order valence-corrected chi connectivity index (χ4v) is 1.53. The van der Waals surface area contributed by atoms with E-state index in [9.17, 15) is 9.50 Å². The minimum atomic E-state index is -0.662. The molecule has 0 aliphatic heterocycles. The first-order valence-electron chi connectivity index (χ1n) is 5.33. The first-order valence-corrected chi connectivity index (χ1v) is 5.86. The van der Waals surface area contributed by atoms with Crippen LogP contribution in [0, 0.1) is 5.82 Å². The SMILES string of the molecule is OC(CCl)CNc1ccc(-n2cncn2)c(F)c1. The highest BCUT2D eigenvalue weighted by Gasteiger charge is 2.07. The van der Waals surface area contributed by atoms with Crippen molar-refractivity contribution in [3.05, 3.63) is 36.7 Å². The predicted octanol–water partition coefficient (Wildman–Crippen LogP) is 1.42. The van der Waals surface area contributed by atoms with Gasteiger partial charge in [-0.25, -0.2) is 14.1 Å². The molecule has 0 bridgehead atoms. The maximum Gasteiger partial charge on any atom is 0.150 e. The predicted molar refractivity (Wildman–Crippen MR) is 66.5 cm³/mol. The van der Waals surface area contributed by atoms with Crippen molar-refractivity contribution >= 4 is 17.3 Å². The van der Waals surface area contributed by atoms with E-state index in [4.69, 9.17) is 11.6 Å². The second-order valence-electron chi connectivity index (χ2n) is 3.70. The monoisotopic (exact) mass is 270 g/mol. The Labute approximate surface area is 108 Å². The molecule has 1 aromatic heterocycles. The van der Waals surface area contributed by atoms with Crippen LogP contribution in [-0.2, 0) is 0 Å². The molecule has 2 rings (SSSR count). The zero-order valence-corrected chi connectivity index (χ0v) is 10.2. The minimum absolute atomic E-state index is 0.131. The third kappa shape index (κ3) is 2.96. The number of aromatic nitrogens is 3. The van der Waals surface area contributed by atoms with Gasteiger partial charge in [-0.3, -0.25) is 0 Å². The first kappa shape index (κ1) is 12.8. The highest BCUT2D eigenvalue weighted by molar-refractivity contribution is 6.18. The largest absolute Gasteiger partial charge is 0.390 e. The molecule has 7 heteroatoms. The second-order valence-corrected chi connectivity index (χ2v) is 4.00. The molecule has 0 saturated carbocycles. The van der Waals surface area contributed by atoms with Crippen LogP contribution in [0.1, 0.15) is 0 Å². The van der Waals surface area contributed by atoms with Crippen molar-refractivity contribution in [3.8, 4) is 5.69 Å². The first-order chi connectivity index (χ1) is 8.70. The standard InChI is InChI=1S/C11H12ClFN4O/c12-4-9(18)5-15-8-1-2-11(10(13)3-8)17-7-14-6-16-17/h1-3,6-7,9,15,18H,4-5H2. The lowest BCUT2D eigenvalue weighted by atomic mass is 10.2. The van der Waals surface area contributed by atoms with Gasteiger partial charge in [-0.1, -0.05) is 0 Å². The summed E-state index contributed by atoms with van der Waals surface area (Å²) >= 11 is 5.46. The Morgan fingerprint density at radius 3 is 2.94 bits per heavy atom. The smallest absolute Gasteiger partial charge is 0.150 e. The summed E-state index contributed by atoms with van der Waals surface area (Å²) in [5, 5.41) is 16.0. The highest BCUT2D eigenvalue weighted by Crippen LogP contribution is 2.17. The lowest BCUT2D eigenvalue weighted by molar-refractivity contribution is 0.211. The maximum atomic E-state index is 13.8. The van der Waals surface area contributed by atoms with Gasteiger partial charge in [-0.2, -0.15) is 5.10 Å². The Morgan fingerprint density at radius 2 is 2.33 bits per heavy atom. The molecule has 0 saturated heterocycles. The van der Waals surface area contributed by atoms with Crippen LogP contribution in [-0.4, -0.2) is 38.4 Å². The number of anilines is 1. The van der Waals surface area contributed by atoms with E-state index < -0.39 is 11.9 Å². The quantitative estimate of drug-likeness (QED) is 0.807. The van der Waals surface area contributed by atoms with Gasteiger partial charge in [-0.15, -0.1) is 11.6 Å². The topological polar surface area (TPSA) is 63.0 Å². The van der Waals surface area contributed by atoms with E-state index in [0.717, 1.165) is 0 Å². The van der Waals surface area contributed by atoms with Gasteiger partial charge in [0.25, 0.3) is 0 Å². The molecule has 0 radical (unpaired) electrons. The lowest BCUT2D eigenvalue weighted by Gasteiger charge is -2.11. The number of nitrogens with zero attached hydrogens (tertiary/aromatic N) is 3. The molecule has 0 aliphatic rings. The van der Waals surface area contributed by atoms with Crippen LogP contribution in [0.4, 0.5) is 10.1 Å². The van der Waals surface area contributed by atoms with Crippen LogP contribution < -0.4 is 5.32 Å². The Morgan fingerprint density at radius 1 is 1.50 bits per heavy atom. The maximum absolute atomic E-state index is 13.8. The van der Waals surface area contributed by atoms with E-state index in [1.165, 1.54) is 23.4 Å². The lowest BCUT2D eigenvalue weighted by Crippen LogP contribution is -2.20. The normalized spacial score (nSPS) is 12.4. The molecule has 2 N–H and O–H groups in total. The van der Waals surface area contributed by atoms with Crippen LogP contribution in [0.25, 0.3) is 5.69 Å². The summed E-state index contributed by atoms with van der Waals surface area (Å²) in [4.78, 5) is 3.75. The van der Waals surface area contributed by atoms with Gasteiger partial charge in [0.2, 0.25) is 0 Å². The molecule has 1 unspecified atom stereocenters. The third-order valence-electron chi connectivity index (χ3n) is 2.33. The van der Waals surface area contributed by atoms with Gasteiger partial charge < -0.3 is 10.4 Å². The molecule has 0 spiro atoms. The Balaban J connectivity index is 2.10. The van der Waals surface area contributed by atoms with Crippen molar-refractivity contribution in [2.45, 2.75) is 6.10 Å². The third-order valence-corrected chi connectivity index (χ3v) is 2.69. The molecule has 1 aromatic carbocycles. The number of hydrogen-bond acceptors (Lipinski definition) is 4. The van der Waals surface area contributed by atoms with E-state index in [2.05, 4.69) is 15.4 Å². The number of alkyl halides is 1. The van der Waals surface area contributed by atoms with Crippen molar-refractivity contribution in [2.75, 3.05) is 17.7 Å². The van der Waals surface area contributed by atoms with Crippen molar-refractivity contribution < 1.29 is 9.50 Å². The Kier molecular flexibility index (Phi) is 4.11. The molecule has 5 nitrogen and oxygen atoms in total. The Bertz CT molecular complexity index is 506. The average molecular weight is 271 g/mol. The fraction of sp³-hybridized carbons (Fsp3) is 0.273. The summed E-state index contributed by atoms with van der Waals surface area (Å²) < 4.78 is 15.1. The van der Waals surface area contributed by atoms with Crippen LogP contribution >= 0.6 is 11.6 Å². The summed E-state index contributed by atoms with van der Waals surface area (Å²) in [5.74, 6) is -0.294. The number of benzene rings is 1. The Hall–Kier alpha value is -1.66. The number of aliphatic hydroxyl groups is 1. The van der Waals surface area contributed by atoms with E-state index in [1.807, 2.05) is 0 Å². The summed E-state index contributed by atoms with van der Waals surface area (Å²) in [6.07, 6.45) is 2.09. The summed E-state index contributed by atoms with van der Waals surface area (Å²) in [5.41, 5.74) is 0.886. The number of halogens is 2. The van der Waals surface area contributed by atoms with Crippen molar-refractivity contribution in [1.29, 1.82) is 0 Å². The minimum Gasteiger partial charge on any atom is -0.390 e. The summed E-state index contributed by atoms with van der Waals surface area (Å²) in [6, 6.07) is 4.61. The van der Waals surface area contributed by atoms with Gasteiger partial charge in [0.05, 0.1) is 12.0 Å². The molecule has 0 fully saturated rings. The van der Waals surface area contributed by atoms with Gasteiger partial charge >= 0.3 is 0 Å². The zero-order chi connectivity index (χ0) is 13.0. The number of rotatable bonds is 5. The van der Waals surface area contributed by atoms with Gasteiger partial charge in [0.1, 0.15) is 18.3 Å². The van der Waals surface area contributed by atoms with Crippen molar-refractivity contribution in [1.82, 2.24) is 14.8 Å². The van der Waals surface area contributed by atoms with E-state index in [0.29, 0.717) is 11.4 Å². The summed E-state index contributed by atoms with van der Waals surface area (Å²) in [6.45, 7) is 0.269. The molecular weight excluding hydrogens is 259 g/mol. The van der Waals surface area contributed by atoms with E-state index in [1.54, 1.807) is 12.1 Å². The van der Waals surface area contributed by atoms with Gasteiger partial charge in [0, 0.05) is 12.2 Å². The van der Waals surface area contributed by atoms with Crippen LogP contribution in [0.3, 0.4) is 0 Å². The average Bonchev–Trinajstić information content (AvgIpc) is 2.89. The highest BCUT2D eigenvalue weighted by atomic mass is 35.5. The number of aliphatic hydroxyl groups excluding tert-OH is 1. The van der Waals surface area contributed by atoms with E-state index >= 15 is 0 Å². The molecule has 1 atom stereocenters. The van der Waals surface area contributed by atoms with Crippen LogP contribution in [0.15, 0.2) is 30.9 Å². The van der Waals surface area contributed by atoms with Crippen molar-refractivity contribution in [3.63, 3.8) is 0 Å². The number of hydrogen-bond donors (Lipinski definition) is 2. The molecule has 96 valence electrons. The molecule has 0 amide bonds. The van der Waals surface area contributed by atoms with Gasteiger partial charge in [0.15, 0.2) is 5.82 Å². The summed E-state index contributed by atoms with van der Waals surface area (Å²) in [7, 11) is 0.